The van der Waals surface area contributed by atoms with Gasteiger partial charge < -0.3 is 14.5 Å². The number of halogens is 3. The van der Waals surface area contributed by atoms with Gasteiger partial charge in [-0.3, -0.25) is 9.59 Å². The van der Waals surface area contributed by atoms with Gasteiger partial charge in [-0.1, -0.05) is 18.2 Å². The van der Waals surface area contributed by atoms with Crippen molar-refractivity contribution in [2.75, 3.05) is 14.2 Å². The Hall–Kier alpha value is -2.51. The molecule has 0 fully saturated rings. The third-order valence-corrected chi connectivity index (χ3v) is 3.55. The molecule has 1 heterocycles. The Balaban J connectivity index is 2.65. The van der Waals surface area contributed by atoms with Crippen LogP contribution < -0.4 is 0 Å². The lowest BCUT2D eigenvalue weighted by atomic mass is 9.85. The Kier molecular flexibility index (Phi) is 4.63. The summed E-state index contributed by atoms with van der Waals surface area (Å²) >= 11 is 0. The summed E-state index contributed by atoms with van der Waals surface area (Å²) in [5.74, 6) is -7.11. The Bertz CT molecular complexity index is 707. The zero-order valence-electron chi connectivity index (χ0n) is 12.3. The molecule has 0 unspecified atom stereocenters. The molecule has 0 radical (unpaired) electrons. The first-order valence-electron chi connectivity index (χ1n) is 6.59. The van der Waals surface area contributed by atoms with E-state index in [0.29, 0.717) is 5.52 Å². The van der Waals surface area contributed by atoms with Crippen LogP contribution in [0, 0.1) is 5.92 Å². The number of H-pyrrole nitrogens is 1. The molecule has 0 amide bonds. The predicted octanol–water partition coefficient (Wildman–Crippen LogP) is 2.78. The number of rotatable bonds is 4. The Morgan fingerprint density at radius 3 is 2.17 bits per heavy atom. The highest BCUT2D eigenvalue weighted by Gasteiger charge is 2.53. The molecule has 0 aliphatic carbocycles. The lowest BCUT2D eigenvalue weighted by molar-refractivity contribution is -0.187. The number of carbonyl (C=O) groups is 2. The molecule has 2 rings (SSSR count). The molecule has 5 nitrogen and oxygen atoms in total. The van der Waals surface area contributed by atoms with Crippen LogP contribution in [0.2, 0.25) is 0 Å². The molecule has 0 spiro atoms. The minimum absolute atomic E-state index is 0.214. The smallest absolute Gasteiger partial charge is 0.397 e. The Morgan fingerprint density at radius 1 is 1.09 bits per heavy atom. The zero-order valence-corrected chi connectivity index (χ0v) is 12.3. The maximum atomic E-state index is 13.6. The normalized spacial score (nSPS) is 13.1. The van der Waals surface area contributed by atoms with E-state index in [2.05, 4.69) is 14.5 Å². The van der Waals surface area contributed by atoms with Crippen LogP contribution in [0.1, 0.15) is 11.5 Å². The first kappa shape index (κ1) is 16.9. The van der Waals surface area contributed by atoms with Crippen molar-refractivity contribution in [1.29, 1.82) is 0 Å². The Morgan fingerprint density at radius 2 is 1.65 bits per heavy atom. The number of esters is 2. The lowest BCUT2D eigenvalue weighted by Gasteiger charge is -2.25. The number of aromatic nitrogens is 1. The third kappa shape index (κ3) is 3.15. The van der Waals surface area contributed by atoms with Gasteiger partial charge in [-0.15, -0.1) is 0 Å². The summed E-state index contributed by atoms with van der Waals surface area (Å²) in [6.07, 6.45) is -3.71. The Labute approximate surface area is 129 Å². The number of para-hydroxylation sites is 1. The van der Waals surface area contributed by atoms with Gasteiger partial charge in [-0.25, -0.2) is 0 Å². The average molecular weight is 329 g/mol. The van der Waals surface area contributed by atoms with Crippen molar-refractivity contribution in [1.82, 2.24) is 4.98 Å². The van der Waals surface area contributed by atoms with Gasteiger partial charge >= 0.3 is 18.1 Å². The number of nitrogens with one attached hydrogen (secondary N) is 1. The molecule has 124 valence electrons. The van der Waals surface area contributed by atoms with Crippen molar-refractivity contribution < 1.29 is 32.2 Å². The maximum absolute atomic E-state index is 13.6. The number of carbonyl (C=O) groups excluding carboxylic acids is 2. The predicted molar refractivity (Wildman–Crippen MR) is 74.6 cm³/mol. The third-order valence-electron chi connectivity index (χ3n) is 3.55. The second-order valence-electron chi connectivity index (χ2n) is 4.83. The van der Waals surface area contributed by atoms with Crippen LogP contribution in [0.15, 0.2) is 30.5 Å². The second kappa shape index (κ2) is 6.31. The first-order chi connectivity index (χ1) is 10.8. The van der Waals surface area contributed by atoms with Crippen LogP contribution in [-0.2, 0) is 19.1 Å². The molecule has 0 bridgehead atoms. The summed E-state index contributed by atoms with van der Waals surface area (Å²) < 4.78 is 49.6. The number of benzene rings is 1. The van der Waals surface area contributed by atoms with Gasteiger partial charge in [-0.2, -0.15) is 13.2 Å². The fourth-order valence-corrected chi connectivity index (χ4v) is 2.52. The van der Waals surface area contributed by atoms with Crippen molar-refractivity contribution in [2.45, 2.75) is 12.1 Å². The average Bonchev–Trinajstić information content (AvgIpc) is 2.93. The van der Waals surface area contributed by atoms with E-state index < -0.39 is 30.0 Å². The molecular weight excluding hydrogens is 315 g/mol. The van der Waals surface area contributed by atoms with Gasteiger partial charge in [0.2, 0.25) is 0 Å². The van der Waals surface area contributed by atoms with E-state index in [1.165, 1.54) is 6.07 Å². The molecule has 0 aliphatic rings. The van der Waals surface area contributed by atoms with Gasteiger partial charge in [0.05, 0.1) is 14.2 Å². The van der Waals surface area contributed by atoms with Crippen LogP contribution >= 0.6 is 0 Å². The molecule has 2 aromatic rings. The van der Waals surface area contributed by atoms with Crippen molar-refractivity contribution in [3.63, 3.8) is 0 Å². The number of alkyl halides is 3. The quantitative estimate of drug-likeness (QED) is 0.692. The first-order valence-corrected chi connectivity index (χ1v) is 6.59. The van der Waals surface area contributed by atoms with E-state index >= 15 is 0 Å². The molecular formula is C15H14F3NO4. The van der Waals surface area contributed by atoms with Gasteiger partial charge in [0.1, 0.15) is 5.92 Å². The van der Waals surface area contributed by atoms with Crippen LogP contribution in [0.25, 0.3) is 10.9 Å². The molecule has 8 heteroatoms. The van der Waals surface area contributed by atoms with Gasteiger partial charge in [0, 0.05) is 17.1 Å². The number of fused-ring (bicyclic) bond motifs is 1. The highest BCUT2D eigenvalue weighted by atomic mass is 19.4. The van der Waals surface area contributed by atoms with Crippen molar-refractivity contribution in [3.8, 4) is 0 Å². The fraction of sp³-hybridized carbons (Fsp3) is 0.333. The fourth-order valence-electron chi connectivity index (χ4n) is 2.52. The molecule has 1 atom stereocenters. The minimum atomic E-state index is -4.85. The lowest BCUT2D eigenvalue weighted by Crippen LogP contribution is -2.39. The largest absolute Gasteiger partial charge is 0.468 e. The number of hydrogen-bond donors (Lipinski definition) is 1. The zero-order chi connectivity index (χ0) is 17.2. The van der Waals surface area contributed by atoms with E-state index in [0.717, 1.165) is 20.4 Å². The number of ether oxygens (including phenoxy) is 2. The summed E-state index contributed by atoms with van der Waals surface area (Å²) in [5, 5.41) is 0.271. The van der Waals surface area contributed by atoms with Gasteiger partial charge in [0.25, 0.3) is 0 Å². The second-order valence-corrected chi connectivity index (χ2v) is 4.83. The van der Waals surface area contributed by atoms with Gasteiger partial charge in [-0.05, 0) is 11.6 Å². The molecule has 0 saturated heterocycles. The standard InChI is InChI=1S/C15H14F3NO4/c1-22-13(20)11(14(21)23-2)12(15(16,17)18)9-7-19-10-6-4-3-5-8(9)10/h3-7,11-12,19H,1-2H3/t12-/m1/s1. The molecule has 1 aromatic carbocycles. The minimum Gasteiger partial charge on any atom is -0.468 e. The topological polar surface area (TPSA) is 68.4 Å². The van der Waals surface area contributed by atoms with E-state index in [4.69, 9.17) is 0 Å². The van der Waals surface area contributed by atoms with E-state index in [9.17, 15) is 22.8 Å². The van der Waals surface area contributed by atoms with Gasteiger partial charge in [0.15, 0.2) is 5.92 Å². The van der Waals surface area contributed by atoms with Crippen LogP contribution in [-0.4, -0.2) is 37.3 Å². The summed E-state index contributed by atoms with van der Waals surface area (Å²) in [4.78, 5) is 26.3. The number of hydrogen-bond acceptors (Lipinski definition) is 4. The van der Waals surface area contributed by atoms with Crippen LogP contribution in [0.3, 0.4) is 0 Å². The SMILES string of the molecule is COC(=O)C(C(=O)OC)[C@@H](c1c[nH]c2ccccc12)C(F)(F)F. The monoisotopic (exact) mass is 329 g/mol. The molecule has 23 heavy (non-hydrogen) atoms. The van der Waals surface area contributed by atoms with E-state index in [-0.39, 0.29) is 10.9 Å². The van der Waals surface area contributed by atoms with E-state index in [1.54, 1.807) is 18.2 Å². The van der Waals surface area contributed by atoms with Crippen molar-refractivity contribution in [3.05, 3.63) is 36.0 Å². The maximum Gasteiger partial charge on any atom is 0.397 e. The van der Waals surface area contributed by atoms with E-state index in [1.807, 2.05) is 0 Å². The highest BCUT2D eigenvalue weighted by molar-refractivity contribution is 5.97. The van der Waals surface area contributed by atoms with Crippen LogP contribution in [0.4, 0.5) is 13.2 Å². The van der Waals surface area contributed by atoms with Crippen molar-refractivity contribution in [2.24, 2.45) is 5.92 Å². The summed E-state index contributed by atoms with van der Waals surface area (Å²) in [6, 6.07) is 6.30. The molecule has 1 N–H and O–H groups in total. The molecule has 0 aliphatic heterocycles. The number of methoxy groups -OCH3 is 2. The van der Waals surface area contributed by atoms with Crippen LogP contribution in [0.5, 0.6) is 0 Å². The highest BCUT2D eigenvalue weighted by Crippen LogP contribution is 2.43. The molecule has 1 aromatic heterocycles. The molecule has 0 saturated carbocycles. The number of aromatic amines is 1. The summed E-state index contributed by atoms with van der Waals surface area (Å²) in [7, 11) is 1.84. The summed E-state index contributed by atoms with van der Waals surface area (Å²) in [5.41, 5.74) is 0.249. The summed E-state index contributed by atoms with van der Waals surface area (Å²) in [6.45, 7) is 0. The van der Waals surface area contributed by atoms with Crippen molar-refractivity contribution >= 4 is 22.8 Å².